The molecule has 0 aliphatic carbocycles. The average molecular weight is 417 g/mol. The Morgan fingerprint density at radius 1 is 0.935 bits per heavy atom. The average Bonchev–Trinajstić information content (AvgIpc) is 2.78. The number of carbonyl (C=O) groups excluding carboxylic acids is 3. The van der Waals surface area contributed by atoms with E-state index in [1.807, 2.05) is 30.3 Å². The van der Waals surface area contributed by atoms with Crippen LogP contribution in [0.2, 0.25) is 0 Å². The molecule has 1 N–H and O–H groups in total. The predicted molar refractivity (Wildman–Crippen MR) is 118 cm³/mol. The second-order valence-corrected chi connectivity index (χ2v) is 7.10. The minimum absolute atomic E-state index is 0.130. The molecule has 0 aliphatic rings. The lowest BCUT2D eigenvalue weighted by molar-refractivity contribution is -0.119. The van der Waals surface area contributed by atoms with Gasteiger partial charge in [-0.05, 0) is 43.3 Å². The standard InChI is InChI=1S/C24H23N3O4/c1-16-20(13-14-21(25-16)17-7-5-4-6-8-17)24(30)31-15-22(28)26-19-11-9-18(10-12-19)23(29)27(2)3/h4-14H,15H2,1-3H3,(H,26,28). The number of ether oxygens (including phenoxy) is 1. The highest BCUT2D eigenvalue weighted by atomic mass is 16.5. The molecular formula is C24H23N3O4. The third-order valence-electron chi connectivity index (χ3n) is 4.53. The van der Waals surface area contributed by atoms with E-state index in [0.717, 1.165) is 11.3 Å². The zero-order valence-corrected chi connectivity index (χ0v) is 17.6. The molecule has 0 radical (unpaired) electrons. The molecule has 2 amide bonds. The van der Waals surface area contributed by atoms with Gasteiger partial charge in [0.2, 0.25) is 0 Å². The second-order valence-electron chi connectivity index (χ2n) is 7.10. The SMILES string of the molecule is Cc1nc(-c2ccccc2)ccc1C(=O)OCC(=O)Nc1ccc(C(=O)N(C)C)cc1. The largest absolute Gasteiger partial charge is 0.452 e. The molecule has 1 heterocycles. The van der Waals surface area contributed by atoms with Gasteiger partial charge in [-0.25, -0.2) is 4.79 Å². The van der Waals surface area contributed by atoms with Crippen LogP contribution < -0.4 is 5.32 Å². The maximum absolute atomic E-state index is 12.4. The lowest BCUT2D eigenvalue weighted by Crippen LogP contribution is -2.22. The first-order chi connectivity index (χ1) is 14.8. The highest BCUT2D eigenvalue weighted by Gasteiger charge is 2.15. The third kappa shape index (κ3) is 5.54. The fraction of sp³-hybridized carbons (Fsp3) is 0.167. The fourth-order valence-electron chi connectivity index (χ4n) is 2.91. The van der Waals surface area contributed by atoms with E-state index in [1.165, 1.54) is 4.90 Å². The quantitative estimate of drug-likeness (QED) is 0.620. The van der Waals surface area contributed by atoms with E-state index in [0.29, 0.717) is 22.5 Å². The summed E-state index contributed by atoms with van der Waals surface area (Å²) in [6.07, 6.45) is 0. The molecule has 0 fully saturated rings. The van der Waals surface area contributed by atoms with Crippen molar-refractivity contribution in [1.82, 2.24) is 9.88 Å². The number of hydrogen-bond acceptors (Lipinski definition) is 5. The number of pyridine rings is 1. The van der Waals surface area contributed by atoms with Crippen molar-refractivity contribution in [2.24, 2.45) is 0 Å². The van der Waals surface area contributed by atoms with Gasteiger partial charge in [-0.2, -0.15) is 0 Å². The van der Waals surface area contributed by atoms with Crippen molar-refractivity contribution in [2.45, 2.75) is 6.92 Å². The van der Waals surface area contributed by atoms with Crippen molar-refractivity contribution >= 4 is 23.5 Å². The normalized spacial score (nSPS) is 10.3. The molecular weight excluding hydrogens is 394 g/mol. The predicted octanol–water partition coefficient (Wildman–Crippen LogP) is 3.55. The topological polar surface area (TPSA) is 88.6 Å². The summed E-state index contributed by atoms with van der Waals surface area (Å²) in [6, 6.07) is 19.5. The van der Waals surface area contributed by atoms with Gasteiger partial charge in [0.25, 0.3) is 11.8 Å². The minimum atomic E-state index is -0.619. The Labute approximate surface area is 180 Å². The number of esters is 1. The maximum atomic E-state index is 12.4. The van der Waals surface area contributed by atoms with Crippen molar-refractivity contribution in [1.29, 1.82) is 0 Å². The first-order valence-electron chi connectivity index (χ1n) is 9.67. The van der Waals surface area contributed by atoms with Gasteiger partial charge in [0.15, 0.2) is 6.61 Å². The van der Waals surface area contributed by atoms with Crippen molar-refractivity contribution in [3.63, 3.8) is 0 Å². The number of aryl methyl sites for hydroxylation is 1. The lowest BCUT2D eigenvalue weighted by Gasteiger charge is -2.11. The number of rotatable bonds is 6. The van der Waals surface area contributed by atoms with Crippen LogP contribution >= 0.6 is 0 Å². The van der Waals surface area contributed by atoms with E-state index in [1.54, 1.807) is 57.4 Å². The van der Waals surface area contributed by atoms with E-state index in [9.17, 15) is 14.4 Å². The monoisotopic (exact) mass is 417 g/mol. The summed E-state index contributed by atoms with van der Waals surface area (Å²) < 4.78 is 5.13. The van der Waals surface area contributed by atoms with E-state index < -0.39 is 18.5 Å². The Hall–Kier alpha value is -4.00. The summed E-state index contributed by atoms with van der Waals surface area (Å²) in [4.78, 5) is 42.3. The fourth-order valence-corrected chi connectivity index (χ4v) is 2.91. The molecule has 0 bridgehead atoms. The molecule has 2 aromatic carbocycles. The molecule has 7 nitrogen and oxygen atoms in total. The first kappa shape index (κ1) is 21.7. The number of amides is 2. The van der Waals surface area contributed by atoms with Gasteiger partial charge in [-0.15, -0.1) is 0 Å². The summed E-state index contributed by atoms with van der Waals surface area (Å²) in [5, 5.41) is 2.63. The lowest BCUT2D eigenvalue weighted by atomic mass is 10.1. The van der Waals surface area contributed by atoms with Crippen LogP contribution in [0.25, 0.3) is 11.3 Å². The molecule has 0 aliphatic heterocycles. The van der Waals surface area contributed by atoms with Crippen LogP contribution in [0.5, 0.6) is 0 Å². The van der Waals surface area contributed by atoms with E-state index in [-0.39, 0.29) is 5.91 Å². The van der Waals surface area contributed by atoms with Crippen LogP contribution in [0.15, 0.2) is 66.7 Å². The molecule has 0 unspecified atom stereocenters. The third-order valence-corrected chi connectivity index (χ3v) is 4.53. The van der Waals surface area contributed by atoms with Gasteiger partial charge in [0.05, 0.1) is 17.0 Å². The number of nitrogens with one attached hydrogen (secondary N) is 1. The summed E-state index contributed by atoms with van der Waals surface area (Å²) in [7, 11) is 3.33. The summed E-state index contributed by atoms with van der Waals surface area (Å²) in [5.74, 6) is -1.23. The molecule has 1 aromatic heterocycles. The van der Waals surface area contributed by atoms with E-state index >= 15 is 0 Å². The number of carbonyl (C=O) groups is 3. The Morgan fingerprint density at radius 3 is 2.23 bits per heavy atom. The zero-order valence-electron chi connectivity index (χ0n) is 17.6. The molecule has 0 atom stereocenters. The van der Waals surface area contributed by atoms with Crippen LogP contribution in [0.1, 0.15) is 26.4 Å². The highest BCUT2D eigenvalue weighted by molar-refractivity contribution is 5.97. The molecule has 158 valence electrons. The van der Waals surface area contributed by atoms with Crippen molar-refractivity contribution in [3.8, 4) is 11.3 Å². The van der Waals surface area contributed by atoms with Gasteiger partial charge in [-0.3, -0.25) is 14.6 Å². The van der Waals surface area contributed by atoms with Gasteiger partial charge in [0, 0.05) is 30.9 Å². The van der Waals surface area contributed by atoms with Gasteiger partial charge < -0.3 is 15.0 Å². The number of hydrogen-bond donors (Lipinski definition) is 1. The smallest absolute Gasteiger partial charge is 0.340 e. The summed E-state index contributed by atoms with van der Waals surface area (Å²) >= 11 is 0. The number of benzene rings is 2. The molecule has 3 rings (SSSR count). The molecule has 0 saturated carbocycles. The molecule has 31 heavy (non-hydrogen) atoms. The van der Waals surface area contributed by atoms with Crippen molar-refractivity contribution < 1.29 is 19.1 Å². The Bertz CT molecular complexity index is 1090. The first-order valence-corrected chi connectivity index (χ1v) is 9.67. The Morgan fingerprint density at radius 2 is 1.61 bits per heavy atom. The molecule has 0 spiro atoms. The number of anilines is 1. The number of aromatic nitrogens is 1. The van der Waals surface area contributed by atoms with Gasteiger partial charge >= 0.3 is 5.97 Å². The van der Waals surface area contributed by atoms with Crippen molar-refractivity contribution in [2.75, 3.05) is 26.0 Å². The van der Waals surface area contributed by atoms with Crippen LogP contribution in [-0.2, 0) is 9.53 Å². The van der Waals surface area contributed by atoms with Gasteiger partial charge in [0.1, 0.15) is 0 Å². The van der Waals surface area contributed by atoms with Gasteiger partial charge in [-0.1, -0.05) is 30.3 Å². The molecule has 3 aromatic rings. The van der Waals surface area contributed by atoms with Crippen LogP contribution in [0.3, 0.4) is 0 Å². The van der Waals surface area contributed by atoms with Crippen LogP contribution in [0, 0.1) is 6.92 Å². The van der Waals surface area contributed by atoms with E-state index in [2.05, 4.69) is 10.3 Å². The maximum Gasteiger partial charge on any atom is 0.340 e. The molecule has 0 saturated heterocycles. The Kier molecular flexibility index (Phi) is 6.77. The second kappa shape index (κ2) is 9.67. The van der Waals surface area contributed by atoms with Crippen molar-refractivity contribution in [3.05, 3.63) is 83.6 Å². The van der Waals surface area contributed by atoms with Crippen LogP contribution in [0.4, 0.5) is 5.69 Å². The summed E-state index contributed by atoms with van der Waals surface area (Å²) in [5.41, 5.74) is 3.54. The molecule has 7 heteroatoms. The highest BCUT2D eigenvalue weighted by Crippen LogP contribution is 2.19. The zero-order chi connectivity index (χ0) is 22.4. The van der Waals surface area contributed by atoms with Crippen LogP contribution in [-0.4, -0.2) is 48.4 Å². The summed E-state index contributed by atoms with van der Waals surface area (Å²) in [6.45, 7) is 1.29. The number of nitrogens with zero attached hydrogens (tertiary/aromatic N) is 2. The minimum Gasteiger partial charge on any atom is -0.452 e. The Balaban J connectivity index is 1.57. The van der Waals surface area contributed by atoms with E-state index in [4.69, 9.17) is 4.74 Å².